The summed E-state index contributed by atoms with van der Waals surface area (Å²) >= 11 is 0. The van der Waals surface area contributed by atoms with Gasteiger partial charge in [-0.1, -0.05) is 39.0 Å². The lowest BCUT2D eigenvalue weighted by atomic mass is 9.86. The van der Waals surface area contributed by atoms with Gasteiger partial charge in [0.15, 0.2) is 0 Å². The fourth-order valence-corrected chi connectivity index (χ4v) is 4.29. The summed E-state index contributed by atoms with van der Waals surface area (Å²) in [7, 11) is 4.86. The van der Waals surface area contributed by atoms with Crippen molar-refractivity contribution >= 4 is 16.8 Å². The highest BCUT2D eigenvalue weighted by Gasteiger charge is 2.26. The van der Waals surface area contributed by atoms with Crippen molar-refractivity contribution in [3.8, 4) is 17.2 Å². The third-order valence-electron chi connectivity index (χ3n) is 6.71. The zero-order valence-electron chi connectivity index (χ0n) is 22.4. The van der Waals surface area contributed by atoms with Gasteiger partial charge in [-0.15, -0.1) is 0 Å². The van der Waals surface area contributed by atoms with Crippen molar-refractivity contribution in [2.45, 2.75) is 39.2 Å². The highest BCUT2D eigenvalue weighted by Crippen LogP contribution is 2.28. The number of para-hydroxylation sites is 1. The fraction of sp³-hybridized carbons (Fsp3) is 0.300. The summed E-state index contributed by atoms with van der Waals surface area (Å²) < 4.78 is 12.3. The first-order valence-electron chi connectivity index (χ1n) is 12.2. The summed E-state index contributed by atoms with van der Waals surface area (Å²) in [5.74, 6) is 1.43. The first-order chi connectivity index (χ1) is 17.6. The van der Waals surface area contributed by atoms with E-state index in [0.29, 0.717) is 39.5 Å². The minimum absolute atomic E-state index is 0.0106. The minimum Gasteiger partial charge on any atom is -0.497 e. The van der Waals surface area contributed by atoms with Crippen LogP contribution in [0.2, 0.25) is 0 Å². The number of methoxy groups -OCH3 is 2. The van der Waals surface area contributed by atoms with Crippen LogP contribution in [-0.2, 0) is 5.41 Å². The van der Waals surface area contributed by atoms with Crippen molar-refractivity contribution in [3.63, 3.8) is 0 Å². The van der Waals surface area contributed by atoms with E-state index in [0.717, 1.165) is 5.56 Å². The van der Waals surface area contributed by atoms with E-state index in [2.05, 4.69) is 20.8 Å². The van der Waals surface area contributed by atoms with E-state index < -0.39 is 6.04 Å². The summed E-state index contributed by atoms with van der Waals surface area (Å²) in [4.78, 5) is 33.8. The number of hydrogen-bond donors (Lipinski definition) is 0. The molecule has 4 aromatic rings. The molecule has 0 saturated heterocycles. The number of carbonyl (C=O) groups is 1. The van der Waals surface area contributed by atoms with Crippen LogP contribution in [0.25, 0.3) is 16.6 Å². The molecule has 0 spiro atoms. The number of ether oxygens (including phenoxy) is 2. The van der Waals surface area contributed by atoms with Crippen molar-refractivity contribution in [2.24, 2.45) is 0 Å². The van der Waals surface area contributed by atoms with E-state index in [9.17, 15) is 9.59 Å². The second-order valence-corrected chi connectivity index (χ2v) is 10.1. The summed E-state index contributed by atoms with van der Waals surface area (Å²) in [6.07, 6.45) is 0. The third kappa shape index (κ3) is 4.94. The molecule has 0 aliphatic carbocycles. The maximum absolute atomic E-state index is 13.8. The molecular formula is C30H33N3O4. The number of rotatable bonds is 6. The predicted octanol–water partition coefficient (Wildman–Crippen LogP) is 5.53. The quantitative estimate of drug-likeness (QED) is 0.349. The zero-order valence-corrected chi connectivity index (χ0v) is 22.4. The Kier molecular flexibility index (Phi) is 7.07. The molecule has 0 aliphatic rings. The molecule has 0 fully saturated rings. The van der Waals surface area contributed by atoms with Crippen molar-refractivity contribution in [2.75, 3.05) is 21.3 Å². The molecule has 0 radical (unpaired) electrons. The number of nitrogens with zero attached hydrogens (tertiary/aromatic N) is 3. The highest BCUT2D eigenvalue weighted by atomic mass is 16.5. The molecule has 3 aromatic carbocycles. The lowest BCUT2D eigenvalue weighted by Crippen LogP contribution is -2.35. The van der Waals surface area contributed by atoms with Gasteiger partial charge in [0.25, 0.3) is 11.5 Å². The molecule has 0 bridgehead atoms. The molecule has 1 aromatic heterocycles. The van der Waals surface area contributed by atoms with E-state index >= 15 is 0 Å². The first kappa shape index (κ1) is 25.9. The van der Waals surface area contributed by atoms with Crippen LogP contribution in [0.3, 0.4) is 0 Å². The molecule has 1 amide bonds. The van der Waals surface area contributed by atoms with Gasteiger partial charge in [0.1, 0.15) is 22.8 Å². The molecular weight excluding hydrogens is 466 g/mol. The van der Waals surface area contributed by atoms with Gasteiger partial charge in [-0.05, 0) is 66.4 Å². The summed E-state index contributed by atoms with van der Waals surface area (Å²) in [5.41, 5.74) is 2.54. The predicted molar refractivity (Wildman–Crippen MR) is 146 cm³/mol. The Morgan fingerprint density at radius 1 is 0.946 bits per heavy atom. The van der Waals surface area contributed by atoms with Gasteiger partial charge in [-0.2, -0.15) is 0 Å². The molecule has 0 saturated carbocycles. The molecule has 0 aliphatic heterocycles. The monoisotopic (exact) mass is 499 g/mol. The first-order valence-corrected chi connectivity index (χ1v) is 12.2. The number of aromatic nitrogens is 2. The largest absolute Gasteiger partial charge is 0.497 e. The van der Waals surface area contributed by atoms with Crippen molar-refractivity contribution in [3.05, 3.63) is 94.0 Å². The van der Waals surface area contributed by atoms with Crippen LogP contribution in [0.4, 0.5) is 0 Å². The molecule has 1 heterocycles. The molecule has 37 heavy (non-hydrogen) atoms. The van der Waals surface area contributed by atoms with E-state index in [1.807, 2.05) is 31.2 Å². The van der Waals surface area contributed by atoms with Gasteiger partial charge in [0.05, 0.1) is 31.3 Å². The Morgan fingerprint density at radius 2 is 1.59 bits per heavy atom. The summed E-state index contributed by atoms with van der Waals surface area (Å²) in [6, 6.07) is 19.6. The van der Waals surface area contributed by atoms with Gasteiger partial charge < -0.3 is 14.4 Å². The van der Waals surface area contributed by atoms with Crippen LogP contribution in [-0.4, -0.2) is 41.6 Å². The standard InChI is InChI=1S/C30H33N3O4/c1-19(32(5)28(34)20-11-13-21(14-12-20)30(2,3)4)27-31-26-24(9-8-10-25(26)37-7)29(35)33(27)22-15-17-23(36-6)18-16-22/h8-19H,1-7H3. The topological polar surface area (TPSA) is 73.7 Å². The number of fused-ring (bicyclic) bond motifs is 1. The van der Waals surface area contributed by atoms with Crippen molar-refractivity contribution < 1.29 is 14.3 Å². The molecule has 192 valence electrons. The number of amides is 1. The van der Waals surface area contributed by atoms with Gasteiger partial charge >= 0.3 is 0 Å². The average Bonchev–Trinajstić information content (AvgIpc) is 2.91. The second kappa shape index (κ2) is 10.1. The Hall–Kier alpha value is -4.13. The smallest absolute Gasteiger partial charge is 0.266 e. The Morgan fingerprint density at radius 3 is 2.16 bits per heavy atom. The van der Waals surface area contributed by atoms with E-state index in [-0.39, 0.29) is 16.9 Å². The number of hydrogen-bond acceptors (Lipinski definition) is 5. The van der Waals surface area contributed by atoms with Crippen LogP contribution in [0.1, 0.15) is 55.5 Å². The summed E-state index contributed by atoms with van der Waals surface area (Å²) in [6.45, 7) is 8.27. The van der Waals surface area contributed by atoms with Crippen LogP contribution in [0.15, 0.2) is 71.5 Å². The molecule has 7 heteroatoms. The normalized spacial score (nSPS) is 12.3. The third-order valence-corrected chi connectivity index (χ3v) is 6.71. The zero-order chi connectivity index (χ0) is 26.9. The van der Waals surface area contributed by atoms with E-state index in [1.165, 1.54) is 0 Å². The molecule has 1 atom stereocenters. The number of benzene rings is 3. The van der Waals surface area contributed by atoms with Crippen LogP contribution in [0, 0.1) is 0 Å². The maximum Gasteiger partial charge on any atom is 0.266 e. The SMILES string of the molecule is COc1ccc(-n2c(C(C)N(C)C(=O)c3ccc(C(C)(C)C)cc3)nc3c(OC)cccc3c2=O)cc1. The highest BCUT2D eigenvalue weighted by molar-refractivity contribution is 5.94. The molecule has 0 N–H and O–H groups in total. The van der Waals surface area contributed by atoms with Gasteiger partial charge in [0.2, 0.25) is 0 Å². The van der Waals surface area contributed by atoms with Gasteiger partial charge in [0, 0.05) is 12.6 Å². The maximum atomic E-state index is 13.8. The van der Waals surface area contributed by atoms with Gasteiger partial charge in [-0.25, -0.2) is 4.98 Å². The fourth-order valence-electron chi connectivity index (χ4n) is 4.29. The van der Waals surface area contributed by atoms with Gasteiger partial charge in [-0.3, -0.25) is 14.2 Å². The molecule has 1 unspecified atom stereocenters. The average molecular weight is 500 g/mol. The Balaban J connectivity index is 1.84. The van der Waals surface area contributed by atoms with Crippen LogP contribution >= 0.6 is 0 Å². The van der Waals surface area contributed by atoms with Crippen LogP contribution < -0.4 is 15.0 Å². The second-order valence-electron chi connectivity index (χ2n) is 10.1. The van der Waals surface area contributed by atoms with E-state index in [1.54, 1.807) is 73.2 Å². The summed E-state index contributed by atoms with van der Waals surface area (Å²) in [5, 5.41) is 0.429. The molecule has 7 nitrogen and oxygen atoms in total. The van der Waals surface area contributed by atoms with Crippen LogP contribution in [0.5, 0.6) is 11.5 Å². The van der Waals surface area contributed by atoms with Crippen molar-refractivity contribution in [1.82, 2.24) is 14.5 Å². The minimum atomic E-state index is -0.529. The molecule has 4 rings (SSSR count). The van der Waals surface area contributed by atoms with E-state index in [4.69, 9.17) is 14.5 Å². The lowest BCUT2D eigenvalue weighted by Gasteiger charge is -2.27. The lowest BCUT2D eigenvalue weighted by molar-refractivity contribution is 0.0735. The number of carbonyl (C=O) groups excluding carboxylic acids is 1. The van der Waals surface area contributed by atoms with Crippen molar-refractivity contribution in [1.29, 1.82) is 0 Å². The Labute approximate surface area is 217 Å². The Bertz CT molecular complexity index is 1480.